The quantitative estimate of drug-likeness (QED) is 0.573. The second kappa shape index (κ2) is 11.5. The van der Waals surface area contributed by atoms with Crippen molar-refractivity contribution >= 4 is 0 Å². The molecule has 0 aliphatic rings. The number of methoxy groups -OCH3 is 2. The summed E-state index contributed by atoms with van der Waals surface area (Å²) in [5.41, 5.74) is 2.96. The fourth-order valence-corrected chi connectivity index (χ4v) is 2.94. The SMILES string of the molecule is CC.CCC(CC)(CCCc1cc(C)ccc1OC)COC. The number of benzene rings is 1. The van der Waals surface area contributed by atoms with Gasteiger partial charge in [0.05, 0.1) is 13.7 Å². The molecule has 0 saturated heterocycles. The van der Waals surface area contributed by atoms with E-state index >= 15 is 0 Å². The number of ether oxygens (including phenoxy) is 2. The molecule has 0 fully saturated rings. The molecule has 0 aliphatic carbocycles. The van der Waals surface area contributed by atoms with Gasteiger partial charge in [-0.3, -0.25) is 0 Å². The van der Waals surface area contributed by atoms with E-state index in [0.717, 1.165) is 18.8 Å². The van der Waals surface area contributed by atoms with Crippen LogP contribution in [0.25, 0.3) is 0 Å². The van der Waals surface area contributed by atoms with Crippen LogP contribution < -0.4 is 4.74 Å². The van der Waals surface area contributed by atoms with Crippen molar-refractivity contribution in [3.05, 3.63) is 29.3 Å². The second-order valence-electron chi connectivity index (χ2n) is 5.81. The van der Waals surface area contributed by atoms with Crippen LogP contribution in [0.4, 0.5) is 0 Å². The summed E-state index contributed by atoms with van der Waals surface area (Å²) < 4.78 is 10.9. The second-order valence-corrected chi connectivity index (χ2v) is 5.81. The average Bonchev–Trinajstić information content (AvgIpc) is 2.56. The van der Waals surface area contributed by atoms with Crippen LogP contribution >= 0.6 is 0 Å². The Bertz CT molecular complexity index is 395. The number of rotatable bonds is 9. The predicted octanol–water partition coefficient (Wildman–Crippen LogP) is 5.81. The molecule has 1 aromatic rings. The summed E-state index contributed by atoms with van der Waals surface area (Å²) >= 11 is 0. The van der Waals surface area contributed by atoms with Crippen LogP contribution in [0.15, 0.2) is 18.2 Å². The monoisotopic (exact) mass is 308 g/mol. The van der Waals surface area contributed by atoms with Crippen LogP contribution in [-0.4, -0.2) is 20.8 Å². The summed E-state index contributed by atoms with van der Waals surface area (Å²) in [6, 6.07) is 6.43. The van der Waals surface area contributed by atoms with Crippen LogP contribution in [0.1, 0.15) is 64.5 Å². The first-order chi connectivity index (χ1) is 10.6. The maximum Gasteiger partial charge on any atom is 0.122 e. The molecule has 0 N–H and O–H groups in total. The van der Waals surface area contributed by atoms with Crippen molar-refractivity contribution in [2.24, 2.45) is 5.41 Å². The zero-order chi connectivity index (χ0) is 17.0. The van der Waals surface area contributed by atoms with Crippen molar-refractivity contribution < 1.29 is 9.47 Å². The fourth-order valence-electron chi connectivity index (χ4n) is 2.94. The van der Waals surface area contributed by atoms with E-state index in [2.05, 4.69) is 39.0 Å². The molecule has 0 atom stereocenters. The number of hydrogen-bond donors (Lipinski definition) is 0. The highest BCUT2D eigenvalue weighted by atomic mass is 16.5. The fraction of sp³-hybridized carbons (Fsp3) is 0.700. The van der Waals surface area contributed by atoms with E-state index in [1.807, 2.05) is 21.0 Å². The van der Waals surface area contributed by atoms with Crippen molar-refractivity contribution in [3.63, 3.8) is 0 Å². The van der Waals surface area contributed by atoms with Gasteiger partial charge in [0.1, 0.15) is 5.75 Å². The Morgan fingerprint density at radius 2 is 1.68 bits per heavy atom. The Morgan fingerprint density at radius 3 is 2.18 bits per heavy atom. The van der Waals surface area contributed by atoms with Gasteiger partial charge in [0.15, 0.2) is 0 Å². The van der Waals surface area contributed by atoms with Crippen LogP contribution in [0.5, 0.6) is 5.75 Å². The summed E-state index contributed by atoms with van der Waals surface area (Å²) in [6.45, 7) is 11.5. The van der Waals surface area contributed by atoms with Gasteiger partial charge >= 0.3 is 0 Å². The molecule has 0 bridgehead atoms. The molecule has 22 heavy (non-hydrogen) atoms. The lowest BCUT2D eigenvalue weighted by atomic mass is 9.78. The largest absolute Gasteiger partial charge is 0.496 e. The molecule has 0 unspecified atom stereocenters. The first-order valence-corrected chi connectivity index (χ1v) is 8.73. The van der Waals surface area contributed by atoms with E-state index in [4.69, 9.17) is 9.47 Å². The lowest BCUT2D eigenvalue weighted by molar-refractivity contribution is 0.0637. The molecular formula is C20H36O2. The third kappa shape index (κ3) is 6.39. The Kier molecular flexibility index (Phi) is 11.0. The third-order valence-corrected chi connectivity index (χ3v) is 4.54. The van der Waals surface area contributed by atoms with Gasteiger partial charge < -0.3 is 9.47 Å². The molecule has 0 aliphatic heterocycles. The molecule has 0 amide bonds. The van der Waals surface area contributed by atoms with E-state index < -0.39 is 0 Å². The van der Waals surface area contributed by atoms with Gasteiger partial charge in [-0.25, -0.2) is 0 Å². The normalized spacial score (nSPS) is 10.9. The highest BCUT2D eigenvalue weighted by Crippen LogP contribution is 2.33. The van der Waals surface area contributed by atoms with Gasteiger partial charge in [0, 0.05) is 7.11 Å². The average molecular weight is 309 g/mol. The summed E-state index contributed by atoms with van der Waals surface area (Å²) in [6.07, 6.45) is 5.84. The summed E-state index contributed by atoms with van der Waals surface area (Å²) in [7, 11) is 3.56. The van der Waals surface area contributed by atoms with Crippen molar-refractivity contribution in [1.29, 1.82) is 0 Å². The van der Waals surface area contributed by atoms with Crippen molar-refractivity contribution in [1.82, 2.24) is 0 Å². The van der Waals surface area contributed by atoms with E-state index in [1.165, 1.54) is 36.8 Å². The topological polar surface area (TPSA) is 18.5 Å². The smallest absolute Gasteiger partial charge is 0.122 e. The first kappa shape index (κ1) is 21.0. The number of aryl methyl sites for hydroxylation is 2. The van der Waals surface area contributed by atoms with Crippen LogP contribution in [0.3, 0.4) is 0 Å². The minimum Gasteiger partial charge on any atom is -0.496 e. The zero-order valence-corrected chi connectivity index (χ0v) is 15.8. The number of hydrogen-bond acceptors (Lipinski definition) is 2. The minimum absolute atomic E-state index is 0.339. The highest BCUT2D eigenvalue weighted by Gasteiger charge is 2.25. The Labute approximate surface area is 138 Å². The van der Waals surface area contributed by atoms with Gasteiger partial charge in [0.25, 0.3) is 0 Å². The molecule has 128 valence electrons. The van der Waals surface area contributed by atoms with Crippen molar-refractivity contribution in [2.45, 2.75) is 66.7 Å². The molecule has 0 saturated carbocycles. The Hall–Kier alpha value is -1.02. The lowest BCUT2D eigenvalue weighted by Crippen LogP contribution is -2.25. The molecule has 2 nitrogen and oxygen atoms in total. The lowest BCUT2D eigenvalue weighted by Gasteiger charge is -2.31. The first-order valence-electron chi connectivity index (χ1n) is 8.73. The molecule has 0 radical (unpaired) electrons. The van der Waals surface area contributed by atoms with Gasteiger partial charge in [-0.1, -0.05) is 45.4 Å². The van der Waals surface area contributed by atoms with Crippen LogP contribution in [0, 0.1) is 12.3 Å². The van der Waals surface area contributed by atoms with Crippen LogP contribution in [-0.2, 0) is 11.2 Å². The summed E-state index contributed by atoms with van der Waals surface area (Å²) in [5.74, 6) is 1.01. The van der Waals surface area contributed by atoms with Gasteiger partial charge in [-0.2, -0.15) is 0 Å². The van der Waals surface area contributed by atoms with Gasteiger partial charge in [0.2, 0.25) is 0 Å². The molecule has 1 aromatic carbocycles. The molecule has 1 rings (SSSR count). The summed E-state index contributed by atoms with van der Waals surface area (Å²) in [5, 5.41) is 0. The van der Waals surface area contributed by atoms with Gasteiger partial charge in [-0.15, -0.1) is 0 Å². The van der Waals surface area contributed by atoms with Crippen molar-refractivity contribution in [2.75, 3.05) is 20.8 Å². The third-order valence-electron chi connectivity index (χ3n) is 4.54. The molecule has 2 heteroatoms. The summed E-state index contributed by atoms with van der Waals surface area (Å²) in [4.78, 5) is 0. The standard InChI is InChI=1S/C18H30O2.C2H6/c1-6-18(7-2,14-19-4)12-8-9-16-13-15(3)10-11-17(16)20-5;1-2/h10-11,13H,6-9,12,14H2,1-5H3;1-2H3. The zero-order valence-electron chi connectivity index (χ0n) is 15.8. The van der Waals surface area contributed by atoms with E-state index in [0.29, 0.717) is 5.41 Å². The Balaban J connectivity index is 0.00000211. The maximum atomic E-state index is 5.46. The molecular weight excluding hydrogens is 272 g/mol. The molecule has 0 aromatic heterocycles. The van der Waals surface area contributed by atoms with Crippen LogP contribution in [0.2, 0.25) is 0 Å². The predicted molar refractivity (Wildman–Crippen MR) is 96.9 cm³/mol. The van der Waals surface area contributed by atoms with E-state index in [-0.39, 0.29) is 0 Å². The Morgan fingerprint density at radius 1 is 1.05 bits per heavy atom. The molecule has 0 heterocycles. The van der Waals surface area contributed by atoms with Gasteiger partial charge in [-0.05, 0) is 56.1 Å². The minimum atomic E-state index is 0.339. The van der Waals surface area contributed by atoms with E-state index in [9.17, 15) is 0 Å². The maximum absolute atomic E-state index is 5.46. The molecule has 0 spiro atoms. The highest BCUT2D eigenvalue weighted by molar-refractivity contribution is 5.36. The van der Waals surface area contributed by atoms with E-state index in [1.54, 1.807) is 7.11 Å². The van der Waals surface area contributed by atoms with Crippen molar-refractivity contribution in [3.8, 4) is 5.75 Å².